The van der Waals surface area contributed by atoms with Crippen LogP contribution in [0.3, 0.4) is 0 Å². The van der Waals surface area contributed by atoms with E-state index in [4.69, 9.17) is 11.1 Å². The molecule has 9 heteroatoms. The Balaban J connectivity index is 2.38. The molecule has 2 rings (SSSR count). The molecule has 0 aliphatic heterocycles. The summed E-state index contributed by atoms with van der Waals surface area (Å²) < 4.78 is 26.8. The molecule has 8 nitrogen and oxygen atoms in total. The topological polar surface area (TPSA) is 134 Å². The van der Waals surface area contributed by atoms with Crippen molar-refractivity contribution in [3.05, 3.63) is 41.7 Å². The van der Waals surface area contributed by atoms with Gasteiger partial charge in [0.15, 0.2) is 0 Å². The lowest BCUT2D eigenvalue weighted by Crippen LogP contribution is -2.16. The van der Waals surface area contributed by atoms with Crippen molar-refractivity contribution in [3.63, 3.8) is 0 Å². The smallest absolute Gasteiger partial charge is 0.265 e. The Morgan fingerprint density at radius 1 is 1.29 bits per heavy atom. The summed E-state index contributed by atoms with van der Waals surface area (Å²) in [5.74, 6) is 5.21. The summed E-state index contributed by atoms with van der Waals surface area (Å²) in [6, 6.07) is 6.87. The van der Waals surface area contributed by atoms with Gasteiger partial charge in [-0.3, -0.25) is 10.1 Å². The lowest BCUT2D eigenvalue weighted by molar-refractivity contribution is 0.600. The number of nitrogens with zero attached hydrogens (tertiary/aromatic N) is 3. The maximum atomic E-state index is 12.2. The summed E-state index contributed by atoms with van der Waals surface area (Å²) in [4.78, 5) is 7.34. The summed E-state index contributed by atoms with van der Waals surface area (Å²) in [6.45, 7) is 1.72. The van der Waals surface area contributed by atoms with Gasteiger partial charge in [0.25, 0.3) is 10.0 Å². The van der Waals surface area contributed by atoms with E-state index in [0.717, 1.165) is 12.4 Å². The molecule has 0 saturated heterocycles. The molecule has 0 unspecified atom stereocenters. The largest absolute Gasteiger partial charge is 0.292 e. The summed E-state index contributed by atoms with van der Waals surface area (Å²) in [5.41, 5.74) is 3.35. The molecule has 108 valence electrons. The zero-order valence-corrected chi connectivity index (χ0v) is 11.8. The lowest BCUT2D eigenvalue weighted by atomic mass is 10.1. The van der Waals surface area contributed by atoms with Gasteiger partial charge in [-0.15, -0.1) is 0 Å². The third-order valence-electron chi connectivity index (χ3n) is 2.70. The van der Waals surface area contributed by atoms with Gasteiger partial charge in [0, 0.05) is 0 Å². The van der Waals surface area contributed by atoms with E-state index in [-0.39, 0.29) is 22.1 Å². The molecule has 2 aromatic rings. The minimum Gasteiger partial charge on any atom is -0.292 e. The fraction of sp³-hybridized carbons (Fsp3) is 0.0833. The number of nitriles is 1. The monoisotopic (exact) mass is 304 g/mol. The van der Waals surface area contributed by atoms with Crippen molar-refractivity contribution in [2.24, 2.45) is 5.84 Å². The Morgan fingerprint density at radius 2 is 1.95 bits per heavy atom. The molecule has 0 bridgehead atoms. The molecule has 0 fully saturated rings. The fourth-order valence-corrected chi connectivity index (χ4v) is 2.59. The van der Waals surface area contributed by atoms with Crippen LogP contribution in [-0.4, -0.2) is 18.4 Å². The van der Waals surface area contributed by atoms with Crippen LogP contribution in [-0.2, 0) is 10.0 Å². The highest BCUT2D eigenvalue weighted by atomic mass is 32.2. The summed E-state index contributed by atoms with van der Waals surface area (Å²) in [7, 11) is -3.88. The molecule has 1 heterocycles. The van der Waals surface area contributed by atoms with Crippen molar-refractivity contribution in [2.75, 3.05) is 10.1 Å². The highest BCUT2D eigenvalue weighted by Gasteiger charge is 2.17. The number of benzene rings is 1. The van der Waals surface area contributed by atoms with Crippen molar-refractivity contribution in [2.45, 2.75) is 11.8 Å². The Hall–Kier alpha value is -2.70. The number of hydrazine groups is 1. The van der Waals surface area contributed by atoms with E-state index in [2.05, 4.69) is 20.1 Å². The number of aromatic nitrogens is 2. The Morgan fingerprint density at radius 3 is 2.52 bits per heavy atom. The second kappa shape index (κ2) is 5.74. The van der Waals surface area contributed by atoms with E-state index >= 15 is 0 Å². The first-order valence-electron chi connectivity index (χ1n) is 5.79. The molecule has 4 N–H and O–H groups in total. The van der Waals surface area contributed by atoms with Crippen LogP contribution in [0.15, 0.2) is 35.5 Å². The quantitative estimate of drug-likeness (QED) is 0.560. The lowest BCUT2D eigenvalue weighted by Gasteiger charge is -2.10. The van der Waals surface area contributed by atoms with E-state index in [1.807, 2.05) is 6.07 Å². The van der Waals surface area contributed by atoms with Gasteiger partial charge in [0.2, 0.25) is 5.95 Å². The van der Waals surface area contributed by atoms with Crippen molar-refractivity contribution >= 4 is 21.7 Å². The van der Waals surface area contributed by atoms with E-state index in [1.54, 1.807) is 19.1 Å². The molecular weight excluding hydrogens is 292 g/mol. The van der Waals surface area contributed by atoms with Crippen molar-refractivity contribution in [3.8, 4) is 6.07 Å². The van der Waals surface area contributed by atoms with Gasteiger partial charge >= 0.3 is 0 Å². The highest BCUT2D eigenvalue weighted by molar-refractivity contribution is 7.92. The zero-order valence-electron chi connectivity index (χ0n) is 11.0. The van der Waals surface area contributed by atoms with Gasteiger partial charge in [-0.05, 0) is 18.6 Å². The molecule has 0 amide bonds. The van der Waals surface area contributed by atoms with Crippen LogP contribution < -0.4 is 16.0 Å². The molecule has 21 heavy (non-hydrogen) atoms. The van der Waals surface area contributed by atoms with Crippen LogP contribution in [0.2, 0.25) is 0 Å². The number of nitrogens with two attached hydrogens (primary N) is 1. The van der Waals surface area contributed by atoms with E-state index in [0.29, 0.717) is 5.56 Å². The maximum absolute atomic E-state index is 12.2. The number of hydrogen-bond donors (Lipinski definition) is 3. The number of hydrogen-bond acceptors (Lipinski definition) is 7. The first kappa shape index (κ1) is 14.7. The second-order valence-corrected chi connectivity index (χ2v) is 5.78. The molecule has 0 aliphatic carbocycles. The number of nitrogen functional groups attached to an aromatic ring is 1. The first-order chi connectivity index (χ1) is 9.97. The molecule has 1 aromatic carbocycles. The Labute approximate surface area is 121 Å². The van der Waals surface area contributed by atoms with Gasteiger partial charge in [-0.2, -0.15) is 5.26 Å². The van der Waals surface area contributed by atoms with Gasteiger partial charge < -0.3 is 0 Å². The molecule has 0 saturated carbocycles. The molecule has 0 radical (unpaired) electrons. The van der Waals surface area contributed by atoms with Crippen molar-refractivity contribution in [1.82, 2.24) is 9.97 Å². The minimum atomic E-state index is -3.88. The molecule has 0 aliphatic rings. The van der Waals surface area contributed by atoms with Crippen LogP contribution in [0.4, 0.5) is 11.6 Å². The normalized spacial score (nSPS) is 10.7. The third kappa shape index (κ3) is 3.07. The third-order valence-corrected chi connectivity index (χ3v) is 4.02. The Kier molecular flexibility index (Phi) is 4.02. The van der Waals surface area contributed by atoms with Crippen LogP contribution in [0.1, 0.15) is 11.1 Å². The SMILES string of the molecule is Cc1cccc(NS(=O)(=O)c2cnc(NN)nc2)c1C#N. The summed E-state index contributed by atoms with van der Waals surface area (Å²) >= 11 is 0. The van der Waals surface area contributed by atoms with Gasteiger partial charge in [0.1, 0.15) is 11.0 Å². The van der Waals surface area contributed by atoms with Crippen LogP contribution in [0, 0.1) is 18.3 Å². The van der Waals surface area contributed by atoms with E-state index in [1.165, 1.54) is 6.07 Å². The van der Waals surface area contributed by atoms with Crippen LogP contribution in [0.25, 0.3) is 0 Å². The highest BCUT2D eigenvalue weighted by Crippen LogP contribution is 2.21. The van der Waals surface area contributed by atoms with Crippen molar-refractivity contribution in [1.29, 1.82) is 5.26 Å². The number of anilines is 2. The number of rotatable bonds is 4. The standard InChI is InChI=1S/C12H12N6O2S/c1-8-3-2-4-11(10(8)5-13)18-21(19,20)9-6-15-12(17-14)16-7-9/h2-4,6-7,18H,14H2,1H3,(H,15,16,17). The fourth-order valence-electron chi connectivity index (χ4n) is 1.63. The van der Waals surface area contributed by atoms with Gasteiger partial charge in [-0.1, -0.05) is 12.1 Å². The van der Waals surface area contributed by atoms with E-state index < -0.39 is 10.0 Å². The van der Waals surface area contributed by atoms with Crippen LogP contribution >= 0.6 is 0 Å². The van der Waals surface area contributed by atoms with E-state index in [9.17, 15) is 8.42 Å². The van der Waals surface area contributed by atoms with Crippen molar-refractivity contribution < 1.29 is 8.42 Å². The molecule has 0 spiro atoms. The Bertz CT molecular complexity index is 795. The summed E-state index contributed by atoms with van der Waals surface area (Å²) in [6.07, 6.45) is 2.23. The number of aryl methyl sites for hydroxylation is 1. The zero-order chi connectivity index (χ0) is 15.5. The molecule has 0 atom stereocenters. The average molecular weight is 304 g/mol. The average Bonchev–Trinajstić information content (AvgIpc) is 2.47. The molecule has 1 aromatic heterocycles. The minimum absolute atomic E-state index is 0.0993. The number of sulfonamides is 1. The van der Waals surface area contributed by atoms with Crippen LogP contribution in [0.5, 0.6) is 0 Å². The summed E-state index contributed by atoms with van der Waals surface area (Å²) in [5, 5.41) is 9.10. The van der Waals surface area contributed by atoms with Gasteiger partial charge in [-0.25, -0.2) is 24.2 Å². The maximum Gasteiger partial charge on any atom is 0.265 e. The first-order valence-corrected chi connectivity index (χ1v) is 7.27. The number of nitrogens with one attached hydrogen (secondary N) is 2. The second-order valence-electron chi connectivity index (χ2n) is 4.10. The predicted octanol–water partition coefficient (Wildman–Crippen LogP) is 0.743. The molecular formula is C12H12N6O2S. The van der Waals surface area contributed by atoms with Gasteiger partial charge in [0.05, 0.1) is 23.6 Å². The predicted molar refractivity (Wildman–Crippen MR) is 76.5 cm³/mol.